The Hall–Kier alpha value is -2.57. The van der Waals surface area contributed by atoms with E-state index in [0.29, 0.717) is 0 Å². The van der Waals surface area contributed by atoms with Crippen molar-refractivity contribution < 1.29 is 14.4 Å². The quantitative estimate of drug-likeness (QED) is 0.713. The summed E-state index contributed by atoms with van der Waals surface area (Å²) >= 11 is 0. The van der Waals surface area contributed by atoms with Gasteiger partial charge in [-0.05, 0) is 31.4 Å². The van der Waals surface area contributed by atoms with E-state index in [1.807, 2.05) is 24.3 Å². The third-order valence-corrected chi connectivity index (χ3v) is 4.64. The van der Waals surface area contributed by atoms with E-state index in [1.165, 1.54) is 25.7 Å². The van der Waals surface area contributed by atoms with Gasteiger partial charge in [0.1, 0.15) is 6.04 Å². The minimum absolute atomic E-state index is 0.156. The van der Waals surface area contributed by atoms with E-state index in [-0.39, 0.29) is 24.7 Å². The van der Waals surface area contributed by atoms with Crippen LogP contribution in [-0.2, 0) is 9.59 Å². The minimum atomic E-state index is -0.626. The highest BCUT2D eigenvalue weighted by Gasteiger charge is 2.29. The highest BCUT2D eigenvalue weighted by Crippen LogP contribution is 2.28. The lowest BCUT2D eigenvalue weighted by molar-refractivity contribution is -0.120. The molecule has 2 heterocycles. The van der Waals surface area contributed by atoms with Gasteiger partial charge in [-0.3, -0.25) is 14.9 Å². The fourth-order valence-corrected chi connectivity index (χ4v) is 3.32. The molecule has 0 aliphatic carbocycles. The van der Waals surface area contributed by atoms with Gasteiger partial charge in [-0.15, -0.1) is 0 Å². The third kappa shape index (κ3) is 4.49. The molecule has 25 heavy (non-hydrogen) atoms. The molecular weight excluding hydrogens is 320 g/mol. The average molecular weight is 344 g/mol. The van der Waals surface area contributed by atoms with Crippen molar-refractivity contribution in [3.8, 4) is 0 Å². The number of amides is 4. The van der Waals surface area contributed by atoms with E-state index in [0.717, 1.165) is 24.5 Å². The van der Waals surface area contributed by atoms with Crippen molar-refractivity contribution in [1.29, 1.82) is 0 Å². The Labute approximate surface area is 147 Å². The third-order valence-electron chi connectivity index (χ3n) is 4.64. The fraction of sp³-hybridized carbons (Fsp3) is 0.500. The van der Waals surface area contributed by atoms with Gasteiger partial charge in [0.25, 0.3) is 5.91 Å². The van der Waals surface area contributed by atoms with Gasteiger partial charge in [0.05, 0.1) is 11.4 Å². The summed E-state index contributed by atoms with van der Waals surface area (Å²) in [6.45, 7) is 2.00. The summed E-state index contributed by atoms with van der Waals surface area (Å²) in [7, 11) is 0. The number of nitrogens with one attached hydrogen (secondary N) is 3. The number of rotatable bonds is 5. The second-order valence-electron chi connectivity index (χ2n) is 6.52. The van der Waals surface area contributed by atoms with Crippen molar-refractivity contribution in [2.24, 2.45) is 0 Å². The Kier molecular flexibility index (Phi) is 5.53. The SMILES string of the molecule is O=C(CCC1NC(=O)NC1=O)Nc1ccccc1N1CCCCCC1. The number of urea groups is 1. The molecule has 0 spiro atoms. The maximum Gasteiger partial charge on any atom is 0.322 e. The molecule has 2 saturated heterocycles. The molecule has 7 nitrogen and oxygen atoms in total. The number of hydrogen-bond donors (Lipinski definition) is 3. The molecule has 0 saturated carbocycles. The molecule has 1 aromatic carbocycles. The summed E-state index contributed by atoms with van der Waals surface area (Å²) in [5.41, 5.74) is 1.85. The molecule has 134 valence electrons. The van der Waals surface area contributed by atoms with Crippen LogP contribution in [0.25, 0.3) is 0 Å². The minimum Gasteiger partial charge on any atom is -0.370 e. The molecule has 7 heteroatoms. The van der Waals surface area contributed by atoms with Crippen LogP contribution in [0.4, 0.5) is 16.2 Å². The first-order valence-electron chi connectivity index (χ1n) is 8.88. The van der Waals surface area contributed by atoms with Crippen molar-refractivity contribution >= 4 is 29.2 Å². The molecule has 0 bridgehead atoms. The van der Waals surface area contributed by atoms with E-state index in [4.69, 9.17) is 0 Å². The first kappa shape index (κ1) is 17.3. The summed E-state index contributed by atoms with van der Waals surface area (Å²) in [6.07, 6.45) is 5.29. The number of benzene rings is 1. The highest BCUT2D eigenvalue weighted by atomic mass is 16.2. The van der Waals surface area contributed by atoms with E-state index in [1.54, 1.807) is 0 Å². The predicted octanol–water partition coefficient (Wildman–Crippen LogP) is 1.99. The lowest BCUT2D eigenvalue weighted by Crippen LogP contribution is -2.30. The normalized spacial score (nSPS) is 20.6. The Morgan fingerprint density at radius 1 is 1.12 bits per heavy atom. The van der Waals surface area contributed by atoms with Crippen LogP contribution < -0.4 is 20.9 Å². The molecule has 4 amide bonds. The maximum absolute atomic E-state index is 12.3. The molecule has 2 aliphatic rings. The Morgan fingerprint density at radius 2 is 1.84 bits per heavy atom. The zero-order valence-corrected chi connectivity index (χ0v) is 14.2. The van der Waals surface area contributed by atoms with Crippen molar-refractivity contribution in [3.63, 3.8) is 0 Å². The van der Waals surface area contributed by atoms with Crippen LogP contribution in [0.1, 0.15) is 38.5 Å². The zero-order valence-electron chi connectivity index (χ0n) is 14.2. The Morgan fingerprint density at radius 3 is 2.52 bits per heavy atom. The molecule has 3 rings (SSSR count). The maximum atomic E-state index is 12.3. The van der Waals surface area contributed by atoms with Crippen molar-refractivity contribution in [2.45, 2.75) is 44.6 Å². The van der Waals surface area contributed by atoms with Crippen LogP contribution in [0.2, 0.25) is 0 Å². The summed E-state index contributed by atoms with van der Waals surface area (Å²) < 4.78 is 0. The first-order valence-corrected chi connectivity index (χ1v) is 8.88. The molecule has 0 radical (unpaired) electrons. The van der Waals surface area contributed by atoms with Crippen molar-refractivity contribution in [1.82, 2.24) is 10.6 Å². The predicted molar refractivity (Wildman–Crippen MR) is 95.4 cm³/mol. The second kappa shape index (κ2) is 8.00. The Bertz CT molecular complexity index is 653. The van der Waals surface area contributed by atoms with Gasteiger partial charge in [0.15, 0.2) is 0 Å². The Balaban J connectivity index is 1.59. The second-order valence-corrected chi connectivity index (χ2v) is 6.52. The average Bonchev–Trinajstić information content (AvgIpc) is 2.79. The van der Waals surface area contributed by atoms with Crippen LogP contribution in [-0.4, -0.2) is 37.0 Å². The smallest absolute Gasteiger partial charge is 0.322 e. The zero-order chi connectivity index (χ0) is 17.6. The molecule has 1 unspecified atom stereocenters. The van der Waals surface area contributed by atoms with E-state index in [2.05, 4.69) is 20.9 Å². The topological polar surface area (TPSA) is 90.5 Å². The monoisotopic (exact) mass is 344 g/mol. The molecule has 2 fully saturated rings. The number of nitrogens with zero attached hydrogens (tertiary/aromatic N) is 1. The van der Waals surface area contributed by atoms with Gasteiger partial charge >= 0.3 is 6.03 Å². The van der Waals surface area contributed by atoms with Gasteiger partial charge < -0.3 is 15.5 Å². The molecular formula is C18H24N4O3. The van der Waals surface area contributed by atoms with Crippen molar-refractivity contribution in [3.05, 3.63) is 24.3 Å². The largest absolute Gasteiger partial charge is 0.370 e. The molecule has 1 aromatic rings. The summed E-state index contributed by atoms with van der Waals surface area (Å²) in [5.74, 6) is -0.529. The summed E-state index contributed by atoms with van der Waals surface area (Å²) in [4.78, 5) is 37.2. The van der Waals surface area contributed by atoms with Crippen LogP contribution in [0.15, 0.2) is 24.3 Å². The van der Waals surface area contributed by atoms with Crippen LogP contribution in [0, 0.1) is 0 Å². The number of carbonyl (C=O) groups excluding carboxylic acids is 3. The number of carbonyl (C=O) groups is 3. The lowest BCUT2D eigenvalue weighted by atomic mass is 10.1. The first-order chi connectivity index (χ1) is 12.1. The standard InChI is InChI=1S/C18H24N4O3/c23-16(10-9-14-17(24)21-18(25)20-14)19-13-7-3-4-8-15(13)22-11-5-1-2-6-12-22/h3-4,7-8,14H,1-2,5-6,9-12H2,(H,19,23)(H2,20,21,24,25). The van der Waals surface area contributed by atoms with Gasteiger partial charge in [-0.2, -0.15) is 0 Å². The van der Waals surface area contributed by atoms with Gasteiger partial charge in [-0.1, -0.05) is 25.0 Å². The van der Waals surface area contributed by atoms with E-state index in [9.17, 15) is 14.4 Å². The van der Waals surface area contributed by atoms with Crippen molar-refractivity contribution in [2.75, 3.05) is 23.3 Å². The number of hydrogen-bond acceptors (Lipinski definition) is 4. The van der Waals surface area contributed by atoms with Crippen LogP contribution >= 0.6 is 0 Å². The molecule has 1 atom stereocenters. The van der Waals surface area contributed by atoms with E-state index < -0.39 is 12.1 Å². The van der Waals surface area contributed by atoms with E-state index >= 15 is 0 Å². The lowest BCUT2D eigenvalue weighted by Gasteiger charge is -2.25. The molecule has 0 aromatic heterocycles. The number of para-hydroxylation sites is 2. The number of imide groups is 1. The summed E-state index contributed by atoms with van der Waals surface area (Å²) in [5, 5.41) is 7.63. The fourth-order valence-electron chi connectivity index (χ4n) is 3.32. The highest BCUT2D eigenvalue weighted by molar-refractivity contribution is 6.04. The van der Waals surface area contributed by atoms with Gasteiger partial charge in [0.2, 0.25) is 5.91 Å². The van der Waals surface area contributed by atoms with Crippen LogP contribution in [0.3, 0.4) is 0 Å². The van der Waals surface area contributed by atoms with Crippen LogP contribution in [0.5, 0.6) is 0 Å². The van der Waals surface area contributed by atoms with Gasteiger partial charge in [-0.25, -0.2) is 4.79 Å². The summed E-state index contributed by atoms with van der Waals surface area (Å²) in [6, 6.07) is 6.70. The van der Waals surface area contributed by atoms with Gasteiger partial charge in [0, 0.05) is 19.5 Å². The molecule has 2 aliphatic heterocycles. The number of anilines is 2. The molecule has 3 N–H and O–H groups in total.